The quantitative estimate of drug-likeness (QED) is 0.293. The molecule has 21 heavy (non-hydrogen) atoms. The van der Waals surface area contributed by atoms with Gasteiger partial charge in [-0.25, -0.2) is 0 Å². The molecule has 0 radical (unpaired) electrons. The van der Waals surface area contributed by atoms with Crippen LogP contribution in [-0.4, -0.2) is 59.8 Å². The number of halogens is 1. The highest BCUT2D eigenvalue weighted by Crippen LogP contribution is 2.11. The smallest absolute Gasteiger partial charge is 0.303 e. The molecule has 0 aliphatic heterocycles. The summed E-state index contributed by atoms with van der Waals surface area (Å²) < 4.78 is 0.822. The molecule has 5 heteroatoms. The first-order valence-electron chi connectivity index (χ1n) is 8.15. The van der Waals surface area contributed by atoms with Gasteiger partial charge in [-0.15, -0.1) is 11.6 Å². The van der Waals surface area contributed by atoms with E-state index in [0.717, 1.165) is 30.3 Å². The van der Waals surface area contributed by atoms with Crippen molar-refractivity contribution in [1.29, 1.82) is 0 Å². The van der Waals surface area contributed by atoms with E-state index in [2.05, 4.69) is 14.1 Å². The Kier molecular flexibility index (Phi) is 12.1. The van der Waals surface area contributed by atoms with Crippen molar-refractivity contribution in [2.24, 2.45) is 0 Å². The number of carbonyl (C=O) groups is 1. The normalized spacial score (nSPS) is 13.3. The molecular formula is C16H33ClNO3+. The lowest BCUT2D eigenvalue weighted by Gasteiger charge is -2.31. The lowest BCUT2D eigenvalue weighted by Crippen LogP contribution is -2.46. The van der Waals surface area contributed by atoms with E-state index in [9.17, 15) is 9.90 Å². The maximum absolute atomic E-state index is 10.3. The monoisotopic (exact) mass is 322 g/mol. The fourth-order valence-electron chi connectivity index (χ4n) is 2.59. The summed E-state index contributed by atoms with van der Waals surface area (Å²) in [6, 6.07) is 0. The molecule has 2 N–H and O–H groups in total. The lowest BCUT2D eigenvalue weighted by molar-refractivity contribution is -0.893. The highest BCUT2D eigenvalue weighted by atomic mass is 35.5. The molecule has 0 spiro atoms. The molecule has 0 aromatic rings. The first-order chi connectivity index (χ1) is 9.87. The van der Waals surface area contributed by atoms with E-state index in [1.807, 2.05) is 0 Å². The summed E-state index contributed by atoms with van der Waals surface area (Å²) in [5, 5.41) is 18.1. The molecule has 0 fully saturated rings. The Morgan fingerprint density at radius 3 is 1.95 bits per heavy atom. The Hall–Kier alpha value is -0.320. The van der Waals surface area contributed by atoms with Crippen LogP contribution >= 0.6 is 11.6 Å². The molecule has 0 aromatic heterocycles. The van der Waals surface area contributed by atoms with E-state index in [0.29, 0.717) is 18.8 Å². The van der Waals surface area contributed by atoms with Crippen LogP contribution in [0.4, 0.5) is 0 Å². The first kappa shape index (κ1) is 20.7. The molecule has 1 unspecified atom stereocenters. The Bertz CT molecular complexity index is 272. The SMILES string of the molecule is C[N+](C)(CCCCCCCCCCC(=O)O)CC(O)CCl. The number of aliphatic carboxylic acids is 1. The van der Waals surface area contributed by atoms with Gasteiger partial charge in [0.25, 0.3) is 0 Å². The number of alkyl halides is 1. The van der Waals surface area contributed by atoms with E-state index in [4.69, 9.17) is 16.7 Å². The van der Waals surface area contributed by atoms with Crippen LogP contribution in [0.15, 0.2) is 0 Å². The van der Waals surface area contributed by atoms with Crippen LogP contribution in [0.1, 0.15) is 57.8 Å². The zero-order chi connectivity index (χ0) is 16.1. The number of aliphatic hydroxyl groups is 1. The second-order valence-corrected chi connectivity index (χ2v) is 6.93. The summed E-state index contributed by atoms with van der Waals surface area (Å²) in [6.45, 7) is 1.79. The summed E-state index contributed by atoms with van der Waals surface area (Å²) in [4.78, 5) is 10.3. The fourth-order valence-corrected chi connectivity index (χ4v) is 2.68. The van der Waals surface area contributed by atoms with E-state index in [1.54, 1.807) is 0 Å². The van der Waals surface area contributed by atoms with Crippen molar-refractivity contribution in [3.63, 3.8) is 0 Å². The number of quaternary nitrogens is 1. The maximum atomic E-state index is 10.3. The van der Waals surface area contributed by atoms with Gasteiger partial charge in [0, 0.05) is 6.42 Å². The molecule has 0 aliphatic rings. The Morgan fingerprint density at radius 1 is 1.00 bits per heavy atom. The van der Waals surface area contributed by atoms with Crippen molar-refractivity contribution in [1.82, 2.24) is 0 Å². The molecule has 0 saturated carbocycles. The molecule has 0 amide bonds. The van der Waals surface area contributed by atoms with Gasteiger partial charge in [0.05, 0.1) is 26.5 Å². The van der Waals surface area contributed by atoms with Gasteiger partial charge in [-0.2, -0.15) is 0 Å². The highest BCUT2D eigenvalue weighted by Gasteiger charge is 2.19. The molecule has 0 rings (SSSR count). The minimum Gasteiger partial charge on any atom is -0.481 e. The summed E-state index contributed by atoms with van der Waals surface area (Å²) in [6.07, 6.45) is 9.00. The van der Waals surface area contributed by atoms with Gasteiger partial charge < -0.3 is 14.7 Å². The molecule has 0 aromatic carbocycles. The third kappa shape index (κ3) is 14.4. The van der Waals surface area contributed by atoms with Crippen molar-refractivity contribution in [2.45, 2.75) is 63.9 Å². The van der Waals surface area contributed by atoms with Gasteiger partial charge in [-0.05, 0) is 19.3 Å². The topological polar surface area (TPSA) is 57.5 Å². The van der Waals surface area contributed by atoms with Crippen molar-refractivity contribution >= 4 is 17.6 Å². The predicted molar refractivity (Wildman–Crippen MR) is 87.8 cm³/mol. The van der Waals surface area contributed by atoms with E-state index in [-0.39, 0.29) is 0 Å². The number of nitrogens with zero attached hydrogens (tertiary/aromatic N) is 1. The van der Waals surface area contributed by atoms with Gasteiger partial charge in [0.2, 0.25) is 0 Å². The molecule has 0 saturated heterocycles. The summed E-state index contributed by atoms with van der Waals surface area (Å²) in [5.74, 6) is -0.376. The fraction of sp³-hybridized carbons (Fsp3) is 0.938. The van der Waals surface area contributed by atoms with Gasteiger partial charge >= 0.3 is 5.97 Å². The third-order valence-corrected chi connectivity index (χ3v) is 4.14. The number of likely N-dealkylation sites (N-methyl/N-ethyl adjacent to an activating group) is 1. The largest absolute Gasteiger partial charge is 0.481 e. The van der Waals surface area contributed by atoms with Crippen LogP contribution in [0.25, 0.3) is 0 Å². The van der Waals surface area contributed by atoms with Crippen LogP contribution in [-0.2, 0) is 4.79 Å². The van der Waals surface area contributed by atoms with E-state index in [1.165, 1.54) is 32.1 Å². The van der Waals surface area contributed by atoms with Crippen LogP contribution in [0.2, 0.25) is 0 Å². The van der Waals surface area contributed by atoms with Gasteiger partial charge in [0.1, 0.15) is 12.6 Å². The zero-order valence-electron chi connectivity index (χ0n) is 13.7. The highest BCUT2D eigenvalue weighted by molar-refractivity contribution is 6.18. The molecule has 0 aliphatic carbocycles. The molecule has 1 atom stereocenters. The van der Waals surface area contributed by atoms with E-state index < -0.39 is 12.1 Å². The number of hydrogen-bond acceptors (Lipinski definition) is 2. The number of rotatable bonds is 14. The summed E-state index contributed by atoms with van der Waals surface area (Å²) in [7, 11) is 4.27. The Balaban J connectivity index is 3.37. The van der Waals surface area contributed by atoms with Crippen LogP contribution in [0.5, 0.6) is 0 Å². The average Bonchev–Trinajstić information content (AvgIpc) is 2.39. The van der Waals surface area contributed by atoms with Crippen LogP contribution in [0, 0.1) is 0 Å². The molecule has 4 nitrogen and oxygen atoms in total. The van der Waals surface area contributed by atoms with Crippen LogP contribution < -0.4 is 0 Å². The average molecular weight is 323 g/mol. The number of carboxylic acid groups (broad SMARTS) is 1. The summed E-state index contributed by atoms with van der Waals surface area (Å²) >= 11 is 5.64. The second kappa shape index (κ2) is 12.2. The molecule has 126 valence electrons. The zero-order valence-corrected chi connectivity index (χ0v) is 14.4. The minimum absolute atomic E-state index is 0.307. The van der Waals surface area contributed by atoms with Crippen molar-refractivity contribution in [3.05, 3.63) is 0 Å². The van der Waals surface area contributed by atoms with E-state index >= 15 is 0 Å². The maximum Gasteiger partial charge on any atom is 0.303 e. The van der Waals surface area contributed by atoms with Crippen LogP contribution in [0.3, 0.4) is 0 Å². The van der Waals surface area contributed by atoms with Crippen molar-refractivity contribution in [3.8, 4) is 0 Å². The number of carboxylic acids is 1. The minimum atomic E-state index is -0.685. The van der Waals surface area contributed by atoms with Crippen molar-refractivity contribution < 1.29 is 19.5 Å². The Labute approximate surface area is 134 Å². The van der Waals surface area contributed by atoms with Gasteiger partial charge in [-0.1, -0.05) is 32.1 Å². The number of unbranched alkanes of at least 4 members (excludes halogenated alkanes) is 7. The van der Waals surface area contributed by atoms with Crippen molar-refractivity contribution in [2.75, 3.05) is 33.1 Å². The molecular weight excluding hydrogens is 290 g/mol. The second-order valence-electron chi connectivity index (χ2n) is 6.62. The van der Waals surface area contributed by atoms with Gasteiger partial charge in [-0.3, -0.25) is 4.79 Å². The lowest BCUT2D eigenvalue weighted by atomic mass is 10.1. The predicted octanol–water partition coefficient (Wildman–Crippen LogP) is 3.26. The van der Waals surface area contributed by atoms with Gasteiger partial charge in [0.15, 0.2) is 0 Å². The first-order valence-corrected chi connectivity index (χ1v) is 8.68. The summed E-state index contributed by atoms with van der Waals surface area (Å²) in [5.41, 5.74) is 0. The number of hydrogen-bond donors (Lipinski definition) is 2. The third-order valence-electron chi connectivity index (χ3n) is 3.79. The number of aliphatic hydroxyl groups excluding tert-OH is 1. The molecule has 0 bridgehead atoms. The molecule has 0 heterocycles. The standard InChI is InChI=1S/C16H32ClNO3/c1-18(2,14-15(19)13-17)12-10-8-6-4-3-5-7-9-11-16(20)21/h15,19H,3-14H2,1-2H3/p+1. The Morgan fingerprint density at radius 2 is 1.48 bits per heavy atom.